The van der Waals surface area contributed by atoms with Gasteiger partial charge in [0.05, 0.1) is 0 Å². The first-order valence-corrected chi connectivity index (χ1v) is 4.85. The van der Waals surface area contributed by atoms with Crippen LogP contribution in [0.5, 0.6) is 0 Å². The fourth-order valence-electron chi connectivity index (χ4n) is 1.62. The summed E-state index contributed by atoms with van der Waals surface area (Å²) in [6.45, 7) is 5.72. The van der Waals surface area contributed by atoms with Crippen molar-refractivity contribution in [2.75, 3.05) is 0 Å². The zero-order valence-electron chi connectivity index (χ0n) is 9.13. The van der Waals surface area contributed by atoms with Crippen LogP contribution < -0.4 is 0 Å². The maximum atomic E-state index is 11.3. The normalized spacial score (nSPS) is 10.1. The Kier molecular flexibility index (Phi) is 3.24. The van der Waals surface area contributed by atoms with Gasteiger partial charge in [0.1, 0.15) is 0 Å². The van der Waals surface area contributed by atoms with E-state index in [1.54, 1.807) is 13.0 Å². The predicted molar refractivity (Wildman–Crippen MR) is 57.3 cm³/mol. The van der Waals surface area contributed by atoms with Gasteiger partial charge in [-0.05, 0) is 37.0 Å². The van der Waals surface area contributed by atoms with Gasteiger partial charge in [0, 0.05) is 5.56 Å². The minimum absolute atomic E-state index is 0.289. The van der Waals surface area contributed by atoms with Gasteiger partial charge in [0.15, 0.2) is 0 Å². The maximum absolute atomic E-state index is 11.3. The zero-order chi connectivity index (χ0) is 11.6. The summed E-state index contributed by atoms with van der Waals surface area (Å²) in [5, 5.41) is 8.63. The maximum Gasteiger partial charge on any atom is 0.377 e. The highest BCUT2D eigenvalue weighted by atomic mass is 16.4. The Morgan fingerprint density at radius 1 is 1.20 bits per heavy atom. The van der Waals surface area contributed by atoms with Crippen LogP contribution in [0.4, 0.5) is 0 Å². The summed E-state index contributed by atoms with van der Waals surface area (Å²) in [5.41, 5.74) is 3.21. The lowest BCUT2D eigenvalue weighted by Crippen LogP contribution is -2.15. The van der Waals surface area contributed by atoms with Crippen LogP contribution >= 0.6 is 0 Å². The number of rotatable bonds is 3. The zero-order valence-corrected chi connectivity index (χ0v) is 9.13. The minimum Gasteiger partial charge on any atom is -0.475 e. The molecule has 80 valence electrons. The predicted octanol–water partition coefficient (Wildman–Crippen LogP) is 2.13. The van der Waals surface area contributed by atoms with E-state index in [0.29, 0.717) is 0 Å². The highest BCUT2D eigenvalue weighted by Crippen LogP contribution is 2.18. The van der Waals surface area contributed by atoms with Gasteiger partial charge in [0.25, 0.3) is 5.78 Å². The van der Waals surface area contributed by atoms with Crippen molar-refractivity contribution in [3.8, 4) is 0 Å². The number of Topliss-reactive ketones (excluding diaryl/α,β-unsaturated/α-hetero) is 1. The van der Waals surface area contributed by atoms with Crippen molar-refractivity contribution in [3.05, 3.63) is 34.4 Å². The molecule has 0 fully saturated rings. The Labute approximate surface area is 88.7 Å². The first-order valence-electron chi connectivity index (χ1n) is 4.85. The molecule has 0 heterocycles. The van der Waals surface area contributed by atoms with Crippen molar-refractivity contribution < 1.29 is 14.7 Å². The quantitative estimate of drug-likeness (QED) is 0.609. The van der Waals surface area contributed by atoms with E-state index < -0.39 is 11.8 Å². The van der Waals surface area contributed by atoms with Crippen LogP contribution in [-0.2, 0) is 11.2 Å². The van der Waals surface area contributed by atoms with Gasteiger partial charge in [-0.2, -0.15) is 0 Å². The lowest BCUT2D eigenvalue weighted by molar-refractivity contribution is -0.131. The van der Waals surface area contributed by atoms with Crippen LogP contribution in [0.2, 0.25) is 0 Å². The van der Waals surface area contributed by atoms with Crippen molar-refractivity contribution in [3.63, 3.8) is 0 Å². The molecule has 0 radical (unpaired) electrons. The second-order valence-corrected chi connectivity index (χ2v) is 3.51. The van der Waals surface area contributed by atoms with Crippen LogP contribution in [0.1, 0.15) is 34.0 Å². The van der Waals surface area contributed by atoms with Crippen molar-refractivity contribution >= 4 is 11.8 Å². The molecule has 0 aromatic heterocycles. The van der Waals surface area contributed by atoms with E-state index >= 15 is 0 Å². The minimum atomic E-state index is -1.40. The molecule has 0 aliphatic rings. The highest BCUT2D eigenvalue weighted by Gasteiger charge is 2.18. The number of carbonyl (C=O) groups is 2. The van der Waals surface area contributed by atoms with E-state index in [2.05, 4.69) is 0 Å². The molecule has 1 N–H and O–H groups in total. The number of carboxylic acid groups (broad SMARTS) is 1. The number of ketones is 1. The van der Waals surface area contributed by atoms with Crippen molar-refractivity contribution in [2.24, 2.45) is 0 Å². The standard InChI is InChI=1S/C12H14O3/c1-4-9-5-6-10(8(3)7(9)2)11(13)12(14)15/h5-6H,4H2,1-3H3,(H,14,15). The number of hydrogen-bond donors (Lipinski definition) is 1. The van der Waals surface area contributed by atoms with Gasteiger partial charge < -0.3 is 5.11 Å². The molecule has 15 heavy (non-hydrogen) atoms. The van der Waals surface area contributed by atoms with Gasteiger partial charge in [-0.3, -0.25) is 4.79 Å². The number of aryl methyl sites for hydroxylation is 1. The van der Waals surface area contributed by atoms with Gasteiger partial charge in [-0.15, -0.1) is 0 Å². The second-order valence-electron chi connectivity index (χ2n) is 3.51. The van der Waals surface area contributed by atoms with E-state index in [9.17, 15) is 9.59 Å². The van der Waals surface area contributed by atoms with Crippen LogP contribution in [-0.4, -0.2) is 16.9 Å². The number of aliphatic carboxylic acids is 1. The molecule has 0 unspecified atom stereocenters. The molecule has 0 aliphatic carbocycles. The van der Waals surface area contributed by atoms with Crippen LogP contribution in [0.15, 0.2) is 12.1 Å². The molecule has 0 aliphatic heterocycles. The summed E-state index contributed by atoms with van der Waals surface area (Å²) >= 11 is 0. The Hall–Kier alpha value is -1.64. The topological polar surface area (TPSA) is 54.4 Å². The largest absolute Gasteiger partial charge is 0.475 e. The summed E-state index contributed by atoms with van der Waals surface area (Å²) in [6.07, 6.45) is 0.883. The molecule has 0 saturated heterocycles. The van der Waals surface area contributed by atoms with Gasteiger partial charge in [0.2, 0.25) is 0 Å². The Morgan fingerprint density at radius 2 is 1.80 bits per heavy atom. The highest BCUT2D eigenvalue weighted by molar-refractivity contribution is 6.40. The van der Waals surface area contributed by atoms with Crippen molar-refractivity contribution in [2.45, 2.75) is 27.2 Å². The molecule has 1 rings (SSSR count). The number of carbonyl (C=O) groups excluding carboxylic acids is 1. The fourth-order valence-corrected chi connectivity index (χ4v) is 1.62. The Morgan fingerprint density at radius 3 is 2.27 bits per heavy atom. The molecule has 3 heteroatoms. The number of hydrogen-bond acceptors (Lipinski definition) is 2. The molecular formula is C12H14O3. The third-order valence-electron chi connectivity index (χ3n) is 2.72. The summed E-state index contributed by atoms with van der Waals surface area (Å²) in [4.78, 5) is 21.9. The smallest absolute Gasteiger partial charge is 0.377 e. The summed E-state index contributed by atoms with van der Waals surface area (Å²) < 4.78 is 0. The van der Waals surface area contributed by atoms with Crippen molar-refractivity contribution in [1.82, 2.24) is 0 Å². The van der Waals surface area contributed by atoms with Crippen LogP contribution in [0.25, 0.3) is 0 Å². The molecule has 0 spiro atoms. The molecule has 0 atom stereocenters. The molecule has 0 bridgehead atoms. The van der Waals surface area contributed by atoms with Crippen LogP contribution in [0, 0.1) is 13.8 Å². The Bertz CT molecular complexity index is 419. The third kappa shape index (κ3) is 2.06. The van der Waals surface area contributed by atoms with E-state index in [-0.39, 0.29) is 5.56 Å². The second kappa shape index (κ2) is 4.26. The molecule has 0 amide bonds. The monoisotopic (exact) mass is 206 g/mol. The molecule has 1 aromatic carbocycles. The third-order valence-corrected chi connectivity index (χ3v) is 2.72. The average Bonchev–Trinajstić information content (AvgIpc) is 2.21. The van der Waals surface area contributed by atoms with Crippen molar-refractivity contribution in [1.29, 1.82) is 0 Å². The van der Waals surface area contributed by atoms with Gasteiger partial charge >= 0.3 is 5.97 Å². The van der Waals surface area contributed by atoms with Gasteiger partial charge in [-0.1, -0.05) is 19.1 Å². The number of carboxylic acids is 1. The van der Waals surface area contributed by atoms with Crippen LogP contribution in [0.3, 0.4) is 0 Å². The lowest BCUT2D eigenvalue weighted by Gasteiger charge is -2.09. The fraction of sp³-hybridized carbons (Fsp3) is 0.333. The van der Waals surface area contributed by atoms with E-state index in [0.717, 1.165) is 23.1 Å². The average molecular weight is 206 g/mol. The Balaban J connectivity index is 3.29. The lowest BCUT2D eigenvalue weighted by atomic mass is 9.95. The summed E-state index contributed by atoms with van der Waals surface area (Å²) in [6, 6.07) is 3.41. The SMILES string of the molecule is CCc1ccc(C(=O)C(=O)O)c(C)c1C. The molecule has 1 aromatic rings. The van der Waals surface area contributed by atoms with E-state index in [1.807, 2.05) is 19.9 Å². The molecular weight excluding hydrogens is 192 g/mol. The van der Waals surface area contributed by atoms with Gasteiger partial charge in [-0.25, -0.2) is 4.79 Å². The molecule has 0 saturated carbocycles. The molecule has 3 nitrogen and oxygen atoms in total. The summed E-state index contributed by atoms with van der Waals surface area (Å²) in [5.74, 6) is -2.24. The summed E-state index contributed by atoms with van der Waals surface area (Å²) in [7, 11) is 0. The first-order chi connectivity index (χ1) is 6.99. The van der Waals surface area contributed by atoms with E-state index in [1.165, 1.54) is 0 Å². The van der Waals surface area contributed by atoms with E-state index in [4.69, 9.17) is 5.11 Å². The number of benzene rings is 1. The first kappa shape index (κ1) is 11.4.